The number of rotatable bonds is 5. The molecule has 3 rings (SSSR count). The Balaban J connectivity index is 1.85. The number of esters is 1. The highest BCUT2D eigenvalue weighted by Crippen LogP contribution is 2.25. The lowest BCUT2D eigenvalue weighted by Crippen LogP contribution is -2.26. The van der Waals surface area contributed by atoms with Gasteiger partial charge in [-0.3, -0.25) is 9.78 Å². The van der Waals surface area contributed by atoms with Crippen LogP contribution >= 0.6 is 23.2 Å². The predicted octanol–water partition coefficient (Wildman–Crippen LogP) is 4.93. The van der Waals surface area contributed by atoms with Crippen LogP contribution in [0.2, 0.25) is 10.0 Å². The molecule has 7 heteroatoms. The van der Waals surface area contributed by atoms with Crippen molar-refractivity contribution < 1.29 is 14.3 Å². The molecule has 1 heterocycles. The number of ether oxygens (including phenoxy) is 1. The van der Waals surface area contributed by atoms with E-state index in [1.807, 2.05) is 0 Å². The number of pyridine rings is 1. The highest BCUT2D eigenvalue weighted by atomic mass is 35.5. The Labute approximate surface area is 165 Å². The molecule has 1 atom stereocenters. The average Bonchev–Trinajstić information content (AvgIpc) is 2.66. The van der Waals surface area contributed by atoms with Crippen LogP contribution in [0.5, 0.6) is 0 Å². The van der Waals surface area contributed by atoms with Gasteiger partial charge >= 0.3 is 5.97 Å². The molecule has 3 aromatic rings. The van der Waals surface area contributed by atoms with E-state index in [9.17, 15) is 9.59 Å². The Kier molecular flexibility index (Phi) is 6.06. The maximum absolute atomic E-state index is 12.8. The predicted molar refractivity (Wildman–Crippen MR) is 104 cm³/mol. The first-order valence-corrected chi connectivity index (χ1v) is 8.71. The molecule has 0 unspecified atom stereocenters. The van der Waals surface area contributed by atoms with E-state index in [4.69, 9.17) is 27.9 Å². The number of aromatic nitrogens is 1. The van der Waals surface area contributed by atoms with Crippen molar-refractivity contribution in [3.05, 3.63) is 94.2 Å². The molecular formula is C20H14Cl2N2O3. The molecule has 0 aliphatic heterocycles. The minimum atomic E-state index is -1.16. The van der Waals surface area contributed by atoms with E-state index in [0.29, 0.717) is 21.3 Å². The Morgan fingerprint density at radius 3 is 2.30 bits per heavy atom. The van der Waals surface area contributed by atoms with Gasteiger partial charge in [-0.2, -0.15) is 0 Å². The van der Waals surface area contributed by atoms with Crippen LogP contribution in [0.4, 0.5) is 5.69 Å². The molecule has 1 N–H and O–H groups in total. The maximum Gasteiger partial charge on any atom is 0.340 e. The lowest BCUT2D eigenvalue weighted by Gasteiger charge is -2.18. The number of hydrogen-bond donors (Lipinski definition) is 1. The molecule has 1 aromatic heterocycles. The lowest BCUT2D eigenvalue weighted by atomic mass is 10.1. The monoisotopic (exact) mass is 400 g/mol. The first kappa shape index (κ1) is 18.9. The Bertz CT molecular complexity index is 930. The molecule has 2 aromatic carbocycles. The first-order valence-electron chi connectivity index (χ1n) is 7.96. The van der Waals surface area contributed by atoms with Gasteiger partial charge in [-0.1, -0.05) is 53.5 Å². The molecule has 0 saturated heterocycles. The normalized spacial score (nSPS) is 11.5. The third kappa shape index (κ3) is 5.06. The smallest absolute Gasteiger partial charge is 0.340 e. The highest BCUT2D eigenvalue weighted by molar-refractivity contribution is 6.35. The molecule has 5 nitrogen and oxygen atoms in total. The van der Waals surface area contributed by atoms with Crippen LogP contribution in [0.3, 0.4) is 0 Å². The Hall–Kier alpha value is -2.89. The summed E-state index contributed by atoms with van der Waals surface area (Å²) < 4.78 is 5.46. The third-order valence-corrected chi connectivity index (χ3v) is 4.03. The third-order valence-electron chi connectivity index (χ3n) is 3.59. The molecule has 136 valence electrons. The zero-order valence-electron chi connectivity index (χ0n) is 13.9. The molecule has 1 amide bonds. The van der Waals surface area contributed by atoms with E-state index in [1.165, 1.54) is 6.20 Å². The SMILES string of the molecule is O=C(O[C@@H](C(=O)Nc1cc(Cl)cc(Cl)c1)c1ccccc1)c1cccnc1. The highest BCUT2D eigenvalue weighted by Gasteiger charge is 2.26. The van der Waals surface area contributed by atoms with Crippen molar-refractivity contribution in [1.29, 1.82) is 0 Å². The van der Waals surface area contributed by atoms with Crippen molar-refractivity contribution in [2.45, 2.75) is 6.10 Å². The van der Waals surface area contributed by atoms with Crippen molar-refractivity contribution >= 4 is 40.8 Å². The van der Waals surface area contributed by atoms with Gasteiger partial charge in [0.05, 0.1) is 5.56 Å². The molecule has 0 aliphatic carbocycles. The number of nitrogens with one attached hydrogen (secondary N) is 1. The number of nitrogens with zero attached hydrogens (tertiary/aromatic N) is 1. The van der Waals surface area contributed by atoms with Gasteiger partial charge in [-0.25, -0.2) is 4.79 Å². The van der Waals surface area contributed by atoms with Gasteiger partial charge < -0.3 is 10.1 Å². The fourth-order valence-corrected chi connectivity index (χ4v) is 2.92. The molecule has 0 saturated carbocycles. The van der Waals surface area contributed by atoms with Crippen molar-refractivity contribution in [3.63, 3.8) is 0 Å². The Morgan fingerprint density at radius 1 is 0.963 bits per heavy atom. The maximum atomic E-state index is 12.8. The number of amides is 1. The summed E-state index contributed by atoms with van der Waals surface area (Å²) >= 11 is 11.9. The molecule has 0 spiro atoms. The van der Waals surface area contributed by atoms with Gasteiger partial charge in [0.25, 0.3) is 5.91 Å². The quantitative estimate of drug-likeness (QED) is 0.616. The van der Waals surface area contributed by atoms with Crippen LogP contribution in [0.15, 0.2) is 73.1 Å². The molecule has 27 heavy (non-hydrogen) atoms. The number of carbonyl (C=O) groups is 2. The van der Waals surface area contributed by atoms with E-state index in [1.54, 1.807) is 66.9 Å². The fraction of sp³-hybridized carbons (Fsp3) is 0.0500. The van der Waals surface area contributed by atoms with E-state index in [-0.39, 0.29) is 5.56 Å². The second-order valence-corrected chi connectivity index (χ2v) is 6.46. The standard InChI is InChI=1S/C20H14Cl2N2O3/c21-15-9-16(22)11-17(10-15)24-19(25)18(13-5-2-1-3-6-13)27-20(26)14-7-4-8-23-12-14/h1-12,18H,(H,24,25)/t18-/m1/s1. The van der Waals surface area contributed by atoms with Crippen LogP contribution in [0, 0.1) is 0 Å². The van der Waals surface area contributed by atoms with Crippen LogP contribution in [-0.4, -0.2) is 16.9 Å². The summed E-state index contributed by atoms with van der Waals surface area (Å²) in [7, 11) is 0. The summed E-state index contributed by atoms with van der Waals surface area (Å²) in [6.45, 7) is 0. The minimum absolute atomic E-state index is 0.247. The second kappa shape index (κ2) is 8.66. The van der Waals surface area contributed by atoms with Gasteiger partial charge in [-0.15, -0.1) is 0 Å². The first-order chi connectivity index (χ1) is 13.0. The number of anilines is 1. The van der Waals surface area contributed by atoms with Gasteiger partial charge in [-0.05, 0) is 30.3 Å². The van der Waals surface area contributed by atoms with Gasteiger partial charge in [0, 0.05) is 33.7 Å². The van der Waals surface area contributed by atoms with Gasteiger partial charge in [0.15, 0.2) is 0 Å². The van der Waals surface area contributed by atoms with Crippen molar-refractivity contribution in [1.82, 2.24) is 4.98 Å². The molecule has 0 radical (unpaired) electrons. The summed E-state index contributed by atoms with van der Waals surface area (Å²) in [6.07, 6.45) is 1.76. The Morgan fingerprint density at radius 2 is 1.67 bits per heavy atom. The van der Waals surface area contributed by atoms with E-state index in [0.717, 1.165) is 0 Å². The average molecular weight is 401 g/mol. The number of carbonyl (C=O) groups excluding carboxylic acids is 2. The van der Waals surface area contributed by atoms with Gasteiger partial charge in [0.2, 0.25) is 6.10 Å². The molecule has 0 fully saturated rings. The summed E-state index contributed by atoms with van der Waals surface area (Å²) in [5, 5.41) is 3.43. The van der Waals surface area contributed by atoms with E-state index in [2.05, 4.69) is 10.3 Å². The molecular weight excluding hydrogens is 387 g/mol. The lowest BCUT2D eigenvalue weighted by molar-refractivity contribution is -0.125. The molecule has 0 bridgehead atoms. The summed E-state index contributed by atoms with van der Waals surface area (Å²) in [4.78, 5) is 29.1. The van der Waals surface area contributed by atoms with Gasteiger partial charge in [0.1, 0.15) is 0 Å². The fourth-order valence-electron chi connectivity index (χ4n) is 2.39. The number of benzene rings is 2. The number of halogens is 2. The van der Waals surface area contributed by atoms with Crippen molar-refractivity contribution in [3.8, 4) is 0 Å². The van der Waals surface area contributed by atoms with E-state index < -0.39 is 18.0 Å². The van der Waals surface area contributed by atoms with Crippen molar-refractivity contribution in [2.24, 2.45) is 0 Å². The van der Waals surface area contributed by atoms with Crippen LogP contribution in [0.1, 0.15) is 22.0 Å². The summed E-state index contributed by atoms with van der Waals surface area (Å²) in [5.41, 5.74) is 1.17. The second-order valence-electron chi connectivity index (χ2n) is 5.59. The van der Waals surface area contributed by atoms with Crippen molar-refractivity contribution in [2.75, 3.05) is 5.32 Å². The van der Waals surface area contributed by atoms with Crippen LogP contribution in [0.25, 0.3) is 0 Å². The zero-order valence-corrected chi connectivity index (χ0v) is 15.4. The number of hydrogen-bond acceptors (Lipinski definition) is 4. The topological polar surface area (TPSA) is 68.3 Å². The summed E-state index contributed by atoms with van der Waals surface area (Å²) in [5.74, 6) is -1.19. The summed E-state index contributed by atoms with van der Waals surface area (Å²) in [6, 6.07) is 16.5. The largest absolute Gasteiger partial charge is 0.444 e. The van der Waals surface area contributed by atoms with Crippen LogP contribution < -0.4 is 5.32 Å². The van der Waals surface area contributed by atoms with E-state index >= 15 is 0 Å². The zero-order chi connectivity index (χ0) is 19.2. The minimum Gasteiger partial charge on any atom is -0.444 e. The molecule has 0 aliphatic rings. The van der Waals surface area contributed by atoms with Crippen LogP contribution in [-0.2, 0) is 9.53 Å².